The van der Waals surface area contributed by atoms with E-state index in [1.54, 1.807) is 24.3 Å². The zero-order valence-corrected chi connectivity index (χ0v) is 25.6. The van der Waals surface area contributed by atoms with Crippen LogP contribution in [-0.2, 0) is 14.8 Å². The first-order valence-corrected chi connectivity index (χ1v) is 16.6. The number of halogens is 1. The van der Waals surface area contributed by atoms with Crippen LogP contribution in [0.15, 0.2) is 40.9 Å². The molecule has 1 aliphatic heterocycles. The van der Waals surface area contributed by atoms with Crippen LogP contribution in [0.1, 0.15) is 49.0 Å². The Bertz CT molecular complexity index is 1630. The molecule has 0 spiro atoms. The van der Waals surface area contributed by atoms with Gasteiger partial charge in [0.2, 0.25) is 10.0 Å². The molecule has 0 radical (unpaired) electrons. The lowest BCUT2D eigenvalue weighted by atomic mass is 9.82. The Morgan fingerprint density at radius 2 is 1.70 bits per heavy atom. The molecule has 14 heteroatoms. The first-order chi connectivity index (χ1) is 20.9. The highest BCUT2D eigenvalue weighted by Crippen LogP contribution is 2.43. The van der Waals surface area contributed by atoms with Gasteiger partial charge in [0, 0.05) is 25.7 Å². The molecule has 1 saturated heterocycles. The normalized spacial score (nSPS) is 19.9. The zero-order valence-electron chi connectivity index (χ0n) is 24.0. The molecule has 0 unspecified atom stereocenters. The standard InChI is InChI=1S/C30H34ClN3O9S/c1-44(40,41)34-12-10-21(11-13-34)42-20-8-6-18(7-9-20)26-27(29(37)32-16-17-2-4-19(5-3-17)30(38)39)33-43-28(26)22-14-23(31)25(36)15-24(22)35/h6-9,14-15,17,19,21,35-36H,2-5,10-13,16H2,1H3,(H,32,37)(H,38,39). The van der Waals surface area contributed by atoms with E-state index in [0.29, 0.717) is 75.0 Å². The van der Waals surface area contributed by atoms with Crippen molar-refractivity contribution in [2.45, 2.75) is 44.6 Å². The van der Waals surface area contributed by atoms with Gasteiger partial charge in [-0.15, -0.1) is 0 Å². The summed E-state index contributed by atoms with van der Waals surface area (Å²) < 4.78 is 36.7. The number of carboxylic acids is 1. The number of hydrogen-bond acceptors (Lipinski definition) is 9. The molecule has 1 aromatic heterocycles. The lowest BCUT2D eigenvalue weighted by molar-refractivity contribution is -0.143. The van der Waals surface area contributed by atoms with Crippen LogP contribution in [0.3, 0.4) is 0 Å². The number of piperidine rings is 1. The summed E-state index contributed by atoms with van der Waals surface area (Å²) in [5.74, 6) is -1.55. The maximum atomic E-state index is 13.4. The van der Waals surface area contributed by atoms with E-state index in [1.165, 1.54) is 16.6 Å². The van der Waals surface area contributed by atoms with Gasteiger partial charge >= 0.3 is 5.97 Å². The number of phenols is 2. The molecule has 2 heterocycles. The molecule has 1 aliphatic carbocycles. The number of aromatic hydroxyl groups is 2. The Morgan fingerprint density at radius 1 is 1.05 bits per heavy atom. The van der Waals surface area contributed by atoms with Gasteiger partial charge < -0.3 is 29.9 Å². The summed E-state index contributed by atoms with van der Waals surface area (Å²) in [7, 11) is -3.25. The van der Waals surface area contributed by atoms with Gasteiger partial charge in [-0.3, -0.25) is 9.59 Å². The van der Waals surface area contributed by atoms with Gasteiger partial charge in [0.25, 0.3) is 5.91 Å². The van der Waals surface area contributed by atoms with Crippen LogP contribution in [0.2, 0.25) is 5.02 Å². The summed E-state index contributed by atoms with van der Waals surface area (Å²) in [6.07, 6.45) is 4.61. The minimum atomic E-state index is -3.25. The average Bonchev–Trinajstić information content (AvgIpc) is 3.43. The van der Waals surface area contributed by atoms with E-state index in [1.807, 2.05) is 0 Å². The highest BCUT2D eigenvalue weighted by atomic mass is 35.5. The van der Waals surface area contributed by atoms with E-state index in [2.05, 4.69) is 10.5 Å². The molecule has 1 saturated carbocycles. The molecule has 2 aliphatic rings. The minimum absolute atomic E-state index is 0.0235. The van der Waals surface area contributed by atoms with E-state index in [9.17, 15) is 33.3 Å². The van der Waals surface area contributed by atoms with Crippen molar-refractivity contribution in [3.63, 3.8) is 0 Å². The Kier molecular flexibility index (Phi) is 9.37. The molecule has 2 aromatic carbocycles. The fraction of sp³-hybridized carbons (Fsp3) is 0.433. The summed E-state index contributed by atoms with van der Waals surface area (Å²) in [6, 6.07) is 9.28. The summed E-state index contributed by atoms with van der Waals surface area (Å²) >= 11 is 6.12. The lowest BCUT2D eigenvalue weighted by Gasteiger charge is -2.30. The van der Waals surface area contributed by atoms with E-state index < -0.39 is 21.9 Å². The number of amides is 1. The number of carbonyl (C=O) groups excluding carboxylic acids is 1. The number of aromatic nitrogens is 1. The van der Waals surface area contributed by atoms with Gasteiger partial charge in [0.1, 0.15) is 23.4 Å². The van der Waals surface area contributed by atoms with E-state index >= 15 is 0 Å². The fourth-order valence-electron chi connectivity index (χ4n) is 5.74. The van der Waals surface area contributed by atoms with Crippen molar-refractivity contribution in [2.75, 3.05) is 25.9 Å². The monoisotopic (exact) mass is 647 g/mol. The van der Waals surface area contributed by atoms with Crippen molar-refractivity contribution in [3.05, 3.63) is 47.1 Å². The number of nitrogens with one attached hydrogen (secondary N) is 1. The third-order valence-corrected chi connectivity index (χ3v) is 9.89. The van der Waals surface area contributed by atoms with Crippen molar-refractivity contribution in [2.24, 2.45) is 11.8 Å². The number of phenolic OH excluding ortho intramolecular Hbond substituents is 2. The van der Waals surface area contributed by atoms with Crippen LogP contribution in [0.25, 0.3) is 22.5 Å². The number of carboxylic acid groups (broad SMARTS) is 1. The van der Waals surface area contributed by atoms with Crippen molar-refractivity contribution in [3.8, 4) is 39.7 Å². The van der Waals surface area contributed by atoms with Crippen LogP contribution in [-0.4, -0.2) is 77.1 Å². The van der Waals surface area contributed by atoms with Crippen LogP contribution in [0.4, 0.5) is 0 Å². The average molecular weight is 648 g/mol. The number of aliphatic carboxylic acids is 1. The molecule has 12 nitrogen and oxygen atoms in total. The second-order valence-electron chi connectivity index (χ2n) is 11.3. The van der Waals surface area contributed by atoms with E-state index in [4.69, 9.17) is 20.9 Å². The molecule has 236 valence electrons. The largest absolute Gasteiger partial charge is 0.507 e. The van der Waals surface area contributed by atoms with E-state index in [0.717, 1.165) is 6.07 Å². The lowest BCUT2D eigenvalue weighted by Crippen LogP contribution is -2.41. The highest BCUT2D eigenvalue weighted by molar-refractivity contribution is 7.88. The summed E-state index contributed by atoms with van der Waals surface area (Å²) in [4.78, 5) is 24.7. The molecule has 4 N–H and O–H groups in total. The van der Waals surface area contributed by atoms with Gasteiger partial charge in [-0.1, -0.05) is 28.9 Å². The topological polar surface area (TPSA) is 180 Å². The second kappa shape index (κ2) is 13.0. The molecule has 3 aromatic rings. The summed E-state index contributed by atoms with van der Waals surface area (Å²) in [5.41, 5.74) is 0.933. The quantitative estimate of drug-likeness (QED) is 0.258. The van der Waals surface area contributed by atoms with Crippen LogP contribution in [0.5, 0.6) is 17.2 Å². The third kappa shape index (κ3) is 7.11. The van der Waals surface area contributed by atoms with Gasteiger partial charge in [-0.05, 0) is 68.2 Å². The SMILES string of the molecule is CS(=O)(=O)N1CCC(Oc2ccc(-c3c(C(=O)NCC4CCC(C(=O)O)CC4)noc3-c3cc(Cl)c(O)cc3O)cc2)CC1. The first kappa shape index (κ1) is 31.6. The van der Waals surface area contributed by atoms with Crippen molar-refractivity contribution < 1.29 is 42.6 Å². The smallest absolute Gasteiger partial charge is 0.306 e. The Morgan fingerprint density at radius 3 is 2.32 bits per heavy atom. The third-order valence-electron chi connectivity index (χ3n) is 8.28. The van der Waals surface area contributed by atoms with Crippen LogP contribution >= 0.6 is 11.6 Å². The second-order valence-corrected chi connectivity index (χ2v) is 13.7. The first-order valence-electron chi connectivity index (χ1n) is 14.4. The summed E-state index contributed by atoms with van der Waals surface area (Å²) in [5, 5.41) is 36.7. The van der Waals surface area contributed by atoms with Gasteiger partial charge in [0.05, 0.1) is 28.3 Å². The van der Waals surface area contributed by atoms with E-state index in [-0.39, 0.29) is 51.5 Å². The molecular weight excluding hydrogens is 614 g/mol. The van der Waals surface area contributed by atoms with Crippen molar-refractivity contribution in [1.29, 1.82) is 0 Å². The molecule has 1 amide bonds. The number of rotatable bonds is 9. The Hall–Kier alpha value is -3.81. The molecule has 44 heavy (non-hydrogen) atoms. The number of carbonyl (C=O) groups is 2. The Labute approximate surface area is 259 Å². The number of hydrogen-bond donors (Lipinski definition) is 4. The number of sulfonamides is 1. The predicted molar refractivity (Wildman–Crippen MR) is 161 cm³/mol. The molecule has 5 rings (SSSR count). The highest BCUT2D eigenvalue weighted by Gasteiger charge is 2.30. The Balaban J connectivity index is 1.37. The summed E-state index contributed by atoms with van der Waals surface area (Å²) in [6.45, 7) is 1.10. The van der Waals surface area contributed by atoms with Crippen LogP contribution in [0, 0.1) is 11.8 Å². The maximum Gasteiger partial charge on any atom is 0.306 e. The minimum Gasteiger partial charge on any atom is -0.507 e. The molecule has 0 atom stereocenters. The van der Waals surface area contributed by atoms with Crippen molar-refractivity contribution >= 4 is 33.5 Å². The number of nitrogens with zero attached hydrogens (tertiary/aromatic N) is 2. The van der Waals surface area contributed by atoms with Crippen molar-refractivity contribution in [1.82, 2.24) is 14.8 Å². The van der Waals surface area contributed by atoms with Gasteiger partial charge in [-0.2, -0.15) is 0 Å². The van der Waals surface area contributed by atoms with Gasteiger partial charge in [0.15, 0.2) is 11.5 Å². The maximum absolute atomic E-state index is 13.4. The van der Waals surface area contributed by atoms with Gasteiger partial charge in [-0.25, -0.2) is 12.7 Å². The molecule has 2 fully saturated rings. The zero-order chi connectivity index (χ0) is 31.6. The fourth-order valence-corrected chi connectivity index (χ4v) is 6.78. The predicted octanol–water partition coefficient (Wildman–Crippen LogP) is 4.50. The molecular formula is C30H34ClN3O9S. The molecule has 0 bridgehead atoms. The number of benzene rings is 2. The number of ether oxygens (including phenoxy) is 1. The van der Waals surface area contributed by atoms with Crippen LogP contribution < -0.4 is 10.1 Å².